The quantitative estimate of drug-likeness (QED) is 0.512. The van der Waals surface area contributed by atoms with E-state index in [1.807, 2.05) is 0 Å². The Kier molecular flexibility index (Phi) is 1.65. The van der Waals surface area contributed by atoms with Gasteiger partial charge < -0.3 is 11.1 Å². The van der Waals surface area contributed by atoms with E-state index in [1.54, 1.807) is 0 Å². The highest BCUT2D eigenvalue weighted by Crippen LogP contribution is 2.39. The molecule has 10 heavy (non-hydrogen) atoms. The fourth-order valence-electron chi connectivity index (χ4n) is 1.64. The van der Waals surface area contributed by atoms with Crippen LogP contribution in [0.25, 0.3) is 0 Å². The second-order valence-electron chi connectivity index (χ2n) is 3.04. The van der Waals surface area contributed by atoms with Crippen LogP contribution in [0, 0.1) is 5.92 Å². The van der Waals surface area contributed by atoms with Crippen molar-refractivity contribution in [2.24, 2.45) is 11.7 Å². The summed E-state index contributed by atoms with van der Waals surface area (Å²) >= 11 is 0. The van der Waals surface area contributed by atoms with Crippen molar-refractivity contribution in [2.45, 2.75) is 18.4 Å². The van der Waals surface area contributed by atoms with E-state index in [0.29, 0.717) is 6.54 Å². The van der Waals surface area contributed by atoms with Gasteiger partial charge in [-0.1, -0.05) is 0 Å². The second kappa shape index (κ2) is 2.10. The van der Waals surface area contributed by atoms with E-state index in [1.165, 1.54) is 0 Å². The number of carbonyl (C=O) groups is 1. The number of carbonyl (C=O) groups excluding carboxylic acids is 1. The van der Waals surface area contributed by atoms with Crippen LogP contribution < -0.4 is 11.1 Å². The zero-order chi connectivity index (χ0) is 6.48. The van der Waals surface area contributed by atoms with Gasteiger partial charge >= 0.3 is 0 Å². The van der Waals surface area contributed by atoms with Gasteiger partial charge in [-0.05, 0) is 12.8 Å². The number of amides is 1. The van der Waals surface area contributed by atoms with Crippen molar-refractivity contribution in [3.63, 3.8) is 0 Å². The van der Waals surface area contributed by atoms with Gasteiger partial charge in [-0.2, -0.15) is 0 Å². The van der Waals surface area contributed by atoms with Crippen LogP contribution in [0.3, 0.4) is 0 Å². The predicted octanol–water partition coefficient (Wildman–Crippen LogP) is -0.355. The molecule has 58 valence electrons. The molecule has 3 N–H and O–H groups in total. The Labute approximate surface area is 65.8 Å². The lowest BCUT2D eigenvalue weighted by molar-refractivity contribution is -0.125. The van der Waals surface area contributed by atoms with Crippen molar-refractivity contribution in [3.8, 4) is 0 Å². The van der Waals surface area contributed by atoms with Crippen molar-refractivity contribution >= 4 is 18.3 Å². The molecule has 4 heteroatoms. The van der Waals surface area contributed by atoms with Gasteiger partial charge in [-0.25, -0.2) is 0 Å². The maximum atomic E-state index is 10.8. The number of hydrogen-bond donors (Lipinski definition) is 2. The first kappa shape index (κ1) is 7.82. The van der Waals surface area contributed by atoms with Crippen LogP contribution in [0.1, 0.15) is 12.8 Å². The summed E-state index contributed by atoms with van der Waals surface area (Å²) < 4.78 is 0. The van der Waals surface area contributed by atoms with E-state index < -0.39 is 0 Å². The molecule has 0 aromatic rings. The molecular weight excluding hydrogens is 152 g/mol. The SMILES string of the molecule is Cl.NC12CCC1C(=O)NC2. The molecule has 3 nitrogen and oxygen atoms in total. The van der Waals surface area contributed by atoms with Crippen molar-refractivity contribution in [2.75, 3.05) is 6.54 Å². The van der Waals surface area contributed by atoms with Gasteiger partial charge in [-0.15, -0.1) is 12.4 Å². The molecule has 2 aliphatic rings. The highest BCUT2D eigenvalue weighted by atomic mass is 35.5. The van der Waals surface area contributed by atoms with Crippen LogP contribution in [0.4, 0.5) is 0 Å². The number of fused-ring (bicyclic) bond motifs is 1. The maximum absolute atomic E-state index is 10.8. The van der Waals surface area contributed by atoms with Crippen LogP contribution in [0.15, 0.2) is 0 Å². The van der Waals surface area contributed by atoms with Gasteiger partial charge in [0.05, 0.1) is 5.92 Å². The summed E-state index contributed by atoms with van der Waals surface area (Å²) in [6.45, 7) is 0.691. The van der Waals surface area contributed by atoms with Crippen molar-refractivity contribution in [1.82, 2.24) is 5.32 Å². The molecule has 0 bridgehead atoms. The van der Waals surface area contributed by atoms with E-state index in [0.717, 1.165) is 12.8 Å². The van der Waals surface area contributed by atoms with E-state index in [2.05, 4.69) is 5.32 Å². The summed E-state index contributed by atoms with van der Waals surface area (Å²) in [5, 5.41) is 2.76. The Morgan fingerprint density at radius 1 is 1.70 bits per heavy atom. The summed E-state index contributed by atoms with van der Waals surface area (Å²) in [6, 6.07) is 0. The lowest BCUT2D eigenvalue weighted by Gasteiger charge is -2.38. The first-order valence-corrected chi connectivity index (χ1v) is 3.29. The van der Waals surface area contributed by atoms with Crippen LogP contribution in [-0.4, -0.2) is 18.0 Å². The predicted molar refractivity (Wildman–Crippen MR) is 39.9 cm³/mol. The minimum Gasteiger partial charge on any atom is -0.354 e. The van der Waals surface area contributed by atoms with Crippen molar-refractivity contribution in [3.05, 3.63) is 0 Å². The number of nitrogens with one attached hydrogen (secondary N) is 1. The molecule has 2 unspecified atom stereocenters. The highest BCUT2D eigenvalue weighted by molar-refractivity contribution is 5.85. The first-order valence-electron chi connectivity index (χ1n) is 3.29. The van der Waals surface area contributed by atoms with Crippen molar-refractivity contribution < 1.29 is 4.79 Å². The van der Waals surface area contributed by atoms with Gasteiger partial charge in [0.2, 0.25) is 5.91 Å². The Bertz CT molecular complexity index is 173. The van der Waals surface area contributed by atoms with Crippen LogP contribution in [-0.2, 0) is 4.79 Å². The van der Waals surface area contributed by atoms with E-state index in [9.17, 15) is 4.79 Å². The normalized spacial score (nSPS) is 42.9. The monoisotopic (exact) mass is 162 g/mol. The van der Waals surface area contributed by atoms with Crippen molar-refractivity contribution in [1.29, 1.82) is 0 Å². The molecule has 1 aliphatic heterocycles. The Balaban J connectivity index is 0.000000500. The summed E-state index contributed by atoms with van der Waals surface area (Å²) in [4.78, 5) is 10.8. The molecule has 1 saturated carbocycles. The summed E-state index contributed by atoms with van der Waals surface area (Å²) in [5.74, 6) is 0.293. The zero-order valence-corrected chi connectivity index (χ0v) is 6.41. The molecule has 0 aromatic carbocycles. The zero-order valence-electron chi connectivity index (χ0n) is 5.59. The molecule has 0 aromatic heterocycles. The van der Waals surface area contributed by atoms with Gasteiger partial charge in [-0.3, -0.25) is 4.79 Å². The minimum atomic E-state index is -0.156. The van der Waals surface area contributed by atoms with E-state index in [-0.39, 0.29) is 29.8 Å². The first-order chi connectivity index (χ1) is 4.22. The highest BCUT2D eigenvalue weighted by Gasteiger charge is 2.52. The van der Waals surface area contributed by atoms with Gasteiger partial charge in [0.1, 0.15) is 0 Å². The standard InChI is InChI=1S/C6H10N2O.ClH/c7-6-2-1-4(6)5(9)8-3-6;/h4H,1-3,7H2,(H,8,9);1H. The molecule has 1 amide bonds. The Morgan fingerprint density at radius 2 is 2.40 bits per heavy atom. The molecule has 2 rings (SSSR count). The summed E-state index contributed by atoms with van der Waals surface area (Å²) in [7, 11) is 0. The average Bonchev–Trinajstić information content (AvgIpc) is 1.93. The van der Waals surface area contributed by atoms with Crippen LogP contribution in [0.5, 0.6) is 0 Å². The number of hydrogen-bond acceptors (Lipinski definition) is 2. The number of rotatable bonds is 0. The third-order valence-electron chi connectivity index (χ3n) is 2.50. The van der Waals surface area contributed by atoms with Gasteiger partial charge in [0.25, 0.3) is 0 Å². The van der Waals surface area contributed by atoms with Gasteiger partial charge in [0, 0.05) is 12.1 Å². The topological polar surface area (TPSA) is 55.1 Å². The summed E-state index contributed by atoms with van der Waals surface area (Å²) in [6.07, 6.45) is 2.00. The van der Waals surface area contributed by atoms with Crippen LogP contribution in [0.2, 0.25) is 0 Å². The fourth-order valence-corrected chi connectivity index (χ4v) is 1.64. The maximum Gasteiger partial charge on any atom is 0.225 e. The number of halogens is 1. The molecule has 0 radical (unpaired) electrons. The smallest absolute Gasteiger partial charge is 0.225 e. The molecule has 1 aliphatic carbocycles. The summed E-state index contributed by atoms with van der Waals surface area (Å²) in [5.41, 5.74) is 5.66. The molecule has 2 fully saturated rings. The number of nitrogens with two attached hydrogens (primary N) is 1. The molecular formula is C6H11ClN2O. The molecule has 1 saturated heterocycles. The molecule has 0 spiro atoms. The lowest BCUT2D eigenvalue weighted by atomic mass is 9.69. The lowest BCUT2D eigenvalue weighted by Crippen LogP contribution is -2.55. The average molecular weight is 163 g/mol. The third-order valence-corrected chi connectivity index (χ3v) is 2.50. The largest absolute Gasteiger partial charge is 0.354 e. The van der Waals surface area contributed by atoms with E-state index >= 15 is 0 Å². The molecule has 1 heterocycles. The minimum absolute atomic E-state index is 0. The van der Waals surface area contributed by atoms with E-state index in [4.69, 9.17) is 5.73 Å². The van der Waals surface area contributed by atoms with Crippen LogP contribution >= 0.6 is 12.4 Å². The molecule has 2 atom stereocenters. The second-order valence-corrected chi connectivity index (χ2v) is 3.04. The Morgan fingerprint density at radius 3 is 2.60 bits per heavy atom. The fraction of sp³-hybridized carbons (Fsp3) is 0.833. The van der Waals surface area contributed by atoms with Gasteiger partial charge in [0.15, 0.2) is 0 Å². The Hall–Kier alpha value is -0.280. The third kappa shape index (κ3) is 0.739.